The Morgan fingerprint density at radius 1 is 1.36 bits per heavy atom. The lowest BCUT2D eigenvalue weighted by Crippen LogP contribution is -2.31. The molecule has 0 unspecified atom stereocenters. The number of halogens is 2. The van der Waals surface area contributed by atoms with Gasteiger partial charge < -0.3 is 4.90 Å². The molecular weight excluding hydrogens is 361 g/mol. The third kappa shape index (κ3) is 4.07. The van der Waals surface area contributed by atoms with Crippen LogP contribution in [-0.2, 0) is 25.1 Å². The standard InChI is InChI=1S/C18H21ClFN3OS/c1-22(2)9-10-23-16-8-3-5-12(16)17(21-18(23)24)25-11-13-14(19)6-4-7-15(13)20/h4,6-7H,3,5,8-11H2,1-2H3. The topological polar surface area (TPSA) is 38.1 Å². The first-order valence-electron chi connectivity index (χ1n) is 8.30. The zero-order chi connectivity index (χ0) is 18.0. The number of thioether (sulfide) groups is 1. The van der Waals surface area contributed by atoms with Gasteiger partial charge in [-0.3, -0.25) is 4.57 Å². The first-order chi connectivity index (χ1) is 12.0. The van der Waals surface area contributed by atoms with E-state index in [2.05, 4.69) is 9.88 Å². The number of rotatable bonds is 6. The zero-order valence-corrected chi connectivity index (χ0v) is 16.0. The number of hydrogen-bond acceptors (Lipinski definition) is 4. The summed E-state index contributed by atoms with van der Waals surface area (Å²) in [5.74, 6) is 0.0440. The van der Waals surface area contributed by atoms with Gasteiger partial charge in [-0.25, -0.2) is 9.18 Å². The first kappa shape index (κ1) is 18.4. The zero-order valence-electron chi connectivity index (χ0n) is 14.4. The Balaban J connectivity index is 1.87. The monoisotopic (exact) mass is 381 g/mol. The summed E-state index contributed by atoms with van der Waals surface area (Å²) in [7, 11) is 3.97. The summed E-state index contributed by atoms with van der Waals surface area (Å²) in [5.41, 5.74) is 2.46. The van der Waals surface area contributed by atoms with Gasteiger partial charge in [0, 0.05) is 40.7 Å². The number of hydrogen-bond donors (Lipinski definition) is 0. The van der Waals surface area contributed by atoms with Crippen molar-refractivity contribution >= 4 is 23.4 Å². The van der Waals surface area contributed by atoms with Gasteiger partial charge in [0.05, 0.1) is 0 Å². The summed E-state index contributed by atoms with van der Waals surface area (Å²) in [5, 5.41) is 1.13. The van der Waals surface area contributed by atoms with Crippen LogP contribution in [0.3, 0.4) is 0 Å². The molecule has 0 saturated heterocycles. The van der Waals surface area contributed by atoms with Gasteiger partial charge in [0.1, 0.15) is 10.8 Å². The molecule has 2 aromatic rings. The van der Waals surface area contributed by atoms with E-state index in [9.17, 15) is 9.18 Å². The largest absolute Gasteiger partial charge is 0.348 e. The van der Waals surface area contributed by atoms with Gasteiger partial charge in [-0.05, 0) is 45.5 Å². The van der Waals surface area contributed by atoms with Gasteiger partial charge in [0.25, 0.3) is 0 Å². The van der Waals surface area contributed by atoms with E-state index in [-0.39, 0.29) is 11.5 Å². The van der Waals surface area contributed by atoms with E-state index >= 15 is 0 Å². The molecule has 1 aromatic heterocycles. The molecule has 0 bridgehead atoms. The summed E-state index contributed by atoms with van der Waals surface area (Å²) >= 11 is 7.49. The minimum absolute atomic E-state index is 0.218. The van der Waals surface area contributed by atoms with E-state index < -0.39 is 0 Å². The highest BCUT2D eigenvalue weighted by Crippen LogP contribution is 2.33. The third-order valence-electron chi connectivity index (χ3n) is 4.39. The summed E-state index contributed by atoms with van der Waals surface area (Å²) in [6, 6.07) is 4.67. The molecule has 3 rings (SSSR count). The third-order valence-corrected chi connectivity index (χ3v) is 5.78. The normalized spacial score (nSPS) is 13.5. The van der Waals surface area contributed by atoms with Crippen molar-refractivity contribution in [3.8, 4) is 0 Å². The predicted molar refractivity (Wildman–Crippen MR) is 100 cm³/mol. The van der Waals surface area contributed by atoms with Crippen molar-refractivity contribution in [1.82, 2.24) is 14.5 Å². The highest BCUT2D eigenvalue weighted by atomic mass is 35.5. The molecule has 0 saturated carbocycles. The fraction of sp³-hybridized carbons (Fsp3) is 0.444. The minimum atomic E-state index is -0.323. The van der Waals surface area contributed by atoms with E-state index in [4.69, 9.17) is 11.6 Å². The molecule has 0 radical (unpaired) electrons. The number of likely N-dealkylation sites (N-methyl/N-ethyl adjacent to an activating group) is 1. The van der Waals surface area contributed by atoms with Gasteiger partial charge in [0.2, 0.25) is 0 Å². The highest BCUT2D eigenvalue weighted by molar-refractivity contribution is 7.98. The molecule has 4 nitrogen and oxygen atoms in total. The highest BCUT2D eigenvalue weighted by Gasteiger charge is 2.22. The van der Waals surface area contributed by atoms with Crippen LogP contribution in [0.1, 0.15) is 23.2 Å². The molecule has 0 N–H and O–H groups in total. The Hall–Kier alpha value is -1.37. The quantitative estimate of drug-likeness (QED) is 0.568. The molecule has 1 aliphatic rings. The summed E-state index contributed by atoms with van der Waals surface area (Å²) in [6.07, 6.45) is 2.84. The fourth-order valence-corrected chi connectivity index (χ4v) is 4.47. The Morgan fingerprint density at radius 2 is 2.16 bits per heavy atom. The molecular formula is C18H21ClFN3OS. The van der Waals surface area contributed by atoms with Crippen molar-refractivity contribution in [2.45, 2.75) is 36.6 Å². The maximum Gasteiger partial charge on any atom is 0.348 e. The lowest BCUT2D eigenvalue weighted by molar-refractivity contribution is 0.375. The number of benzene rings is 1. The number of nitrogens with zero attached hydrogens (tertiary/aromatic N) is 3. The molecule has 0 aliphatic heterocycles. The molecule has 1 aliphatic carbocycles. The molecule has 0 amide bonds. The van der Waals surface area contributed by atoms with E-state index in [0.29, 0.717) is 22.9 Å². The van der Waals surface area contributed by atoms with Crippen molar-refractivity contribution in [2.24, 2.45) is 0 Å². The lowest BCUT2D eigenvalue weighted by atomic mass is 10.2. The SMILES string of the molecule is CN(C)CCn1c2c(c(SCc3c(F)cccc3Cl)nc1=O)CCC2. The van der Waals surface area contributed by atoms with Crippen molar-refractivity contribution in [1.29, 1.82) is 0 Å². The van der Waals surface area contributed by atoms with Crippen LogP contribution in [0.15, 0.2) is 28.0 Å². The van der Waals surface area contributed by atoms with Crippen molar-refractivity contribution in [3.63, 3.8) is 0 Å². The Morgan fingerprint density at radius 3 is 2.88 bits per heavy atom. The van der Waals surface area contributed by atoms with Gasteiger partial charge >= 0.3 is 5.69 Å². The Labute approximate surface area is 156 Å². The molecule has 0 fully saturated rings. The van der Waals surface area contributed by atoms with E-state index in [0.717, 1.165) is 42.1 Å². The van der Waals surface area contributed by atoms with Crippen molar-refractivity contribution in [2.75, 3.05) is 20.6 Å². The number of aromatic nitrogens is 2. The van der Waals surface area contributed by atoms with Crippen LogP contribution in [0.2, 0.25) is 5.02 Å². The van der Waals surface area contributed by atoms with Crippen molar-refractivity contribution < 1.29 is 4.39 Å². The summed E-state index contributed by atoms with van der Waals surface area (Å²) in [6.45, 7) is 1.44. The molecule has 0 spiro atoms. The number of fused-ring (bicyclic) bond motifs is 1. The van der Waals surface area contributed by atoms with Crippen LogP contribution in [0.4, 0.5) is 4.39 Å². The van der Waals surface area contributed by atoms with Crippen molar-refractivity contribution in [3.05, 3.63) is 56.3 Å². The smallest absolute Gasteiger partial charge is 0.308 e. The molecule has 25 heavy (non-hydrogen) atoms. The summed E-state index contributed by atoms with van der Waals surface area (Å²) < 4.78 is 15.8. The van der Waals surface area contributed by atoms with Gasteiger partial charge in [0.15, 0.2) is 0 Å². The average molecular weight is 382 g/mol. The minimum Gasteiger partial charge on any atom is -0.308 e. The van der Waals surface area contributed by atoms with Crippen LogP contribution in [0.5, 0.6) is 0 Å². The Bertz CT molecular complexity index is 818. The Kier molecular flexibility index (Phi) is 5.81. The summed E-state index contributed by atoms with van der Waals surface area (Å²) in [4.78, 5) is 18.8. The maximum absolute atomic E-state index is 14.0. The van der Waals surface area contributed by atoms with Gasteiger partial charge in [-0.15, -0.1) is 11.8 Å². The van der Waals surface area contributed by atoms with E-state index in [1.165, 1.54) is 17.8 Å². The predicted octanol–water partition coefficient (Wildman–Crippen LogP) is 3.38. The van der Waals surface area contributed by atoms with E-state index in [1.54, 1.807) is 16.7 Å². The van der Waals surface area contributed by atoms with Gasteiger partial charge in [-0.2, -0.15) is 4.98 Å². The van der Waals surface area contributed by atoms with Crippen LogP contribution in [-0.4, -0.2) is 35.1 Å². The van der Waals surface area contributed by atoms with Crippen LogP contribution in [0.25, 0.3) is 0 Å². The fourth-order valence-electron chi connectivity index (χ4n) is 3.05. The second-order valence-corrected chi connectivity index (χ2v) is 7.79. The lowest BCUT2D eigenvalue weighted by Gasteiger charge is -2.16. The van der Waals surface area contributed by atoms with Crippen LogP contribution < -0.4 is 5.69 Å². The van der Waals surface area contributed by atoms with E-state index in [1.807, 2.05) is 14.1 Å². The van der Waals surface area contributed by atoms with Gasteiger partial charge in [-0.1, -0.05) is 17.7 Å². The molecule has 134 valence electrons. The van der Waals surface area contributed by atoms with Crippen LogP contribution in [0, 0.1) is 5.82 Å². The molecule has 7 heteroatoms. The molecule has 0 atom stereocenters. The first-order valence-corrected chi connectivity index (χ1v) is 9.66. The second kappa shape index (κ2) is 7.89. The van der Waals surface area contributed by atoms with Crippen LogP contribution >= 0.6 is 23.4 Å². The second-order valence-electron chi connectivity index (χ2n) is 6.42. The average Bonchev–Trinajstić information content (AvgIpc) is 3.03. The molecule has 1 aromatic carbocycles. The maximum atomic E-state index is 14.0. The molecule has 1 heterocycles.